The third-order valence-electron chi connectivity index (χ3n) is 4.55. The predicted octanol–water partition coefficient (Wildman–Crippen LogP) is 4.60. The van der Waals surface area contributed by atoms with Gasteiger partial charge in [0, 0.05) is 11.4 Å². The molecular weight excluding hydrogens is 326 g/mol. The molecule has 0 bridgehead atoms. The normalized spacial score (nSPS) is 13.0. The van der Waals surface area contributed by atoms with E-state index in [0.717, 1.165) is 21.6 Å². The van der Waals surface area contributed by atoms with Gasteiger partial charge in [0.05, 0.1) is 5.41 Å². The molecule has 2 nitrogen and oxygen atoms in total. The minimum atomic E-state index is -0.766. The van der Waals surface area contributed by atoms with Crippen molar-refractivity contribution in [3.63, 3.8) is 0 Å². The van der Waals surface area contributed by atoms with Gasteiger partial charge in [0.2, 0.25) is 5.91 Å². The molecular formula is C22H21NOS. The molecule has 1 unspecified atom stereocenters. The highest BCUT2D eigenvalue weighted by atomic mass is 32.1. The molecule has 0 fully saturated rings. The molecule has 1 atom stereocenters. The Morgan fingerprint density at radius 2 is 1.36 bits per heavy atom. The highest BCUT2D eigenvalue weighted by Gasteiger charge is 2.36. The van der Waals surface area contributed by atoms with E-state index in [1.165, 1.54) is 0 Å². The van der Waals surface area contributed by atoms with Crippen LogP contribution in [-0.4, -0.2) is 5.91 Å². The fourth-order valence-corrected chi connectivity index (χ4v) is 3.10. The molecule has 0 aliphatic heterocycles. The van der Waals surface area contributed by atoms with Crippen molar-refractivity contribution in [1.82, 2.24) is 5.32 Å². The van der Waals surface area contributed by atoms with Crippen molar-refractivity contribution in [2.75, 3.05) is 0 Å². The molecule has 3 heteroatoms. The summed E-state index contributed by atoms with van der Waals surface area (Å²) in [7, 11) is 0. The van der Waals surface area contributed by atoms with E-state index in [1.54, 1.807) is 0 Å². The standard InChI is InChI=1S/C22H21NOS/c1-22(18-10-6-3-7-11-18,19-12-14-20(25)15-13-19)21(24)23-16-17-8-4-2-5-9-17/h2-15,25H,16H2,1H3,(H,23,24). The lowest BCUT2D eigenvalue weighted by Gasteiger charge is -2.30. The minimum Gasteiger partial charge on any atom is -0.351 e. The number of carbonyl (C=O) groups is 1. The van der Waals surface area contributed by atoms with E-state index < -0.39 is 5.41 Å². The van der Waals surface area contributed by atoms with Crippen molar-refractivity contribution in [2.24, 2.45) is 0 Å². The second-order valence-corrected chi connectivity index (χ2v) is 6.72. The smallest absolute Gasteiger partial charge is 0.235 e. The molecule has 126 valence electrons. The average molecular weight is 347 g/mol. The Morgan fingerprint density at radius 1 is 0.840 bits per heavy atom. The molecule has 0 saturated carbocycles. The van der Waals surface area contributed by atoms with Gasteiger partial charge in [-0.05, 0) is 35.7 Å². The molecule has 1 amide bonds. The summed E-state index contributed by atoms with van der Waals surface area (Å²) in [6.07, 6.45) is 0. The maximum atomic E-state index is 13.2. The fraction of sp³-hybridized carbons (Fsp3) is 0.136. The van der Waals surface area contributed by atoms with E-state index >= 15 is 0 Å². The lowest BCUT2D eigenvalue weighted by molar-refractivity contribution is -0.125. The summed E-state index contributed by atoms with van der Waals surface area (Å²) >= 11 is 4.36. The van der Waals surface area contributed by atoms with E-state index in [-0.39, 0.29) is 5.91 Å². The van der Waals surface area contributed by atoms with Gasteiger partial charge < -0.3 is 5.32 Å². The van der Waals surface area contributed by atoms with Crippen molar-refractivity contribution in [3.05, 3.63) is 102 Å². The van der Waals surface area contributed by atoms with Gasteiger partial charge in [-0.15, -0.1) is 12.6 Å². The minimum absolute atomic E-state index is 0.0190. The van der Waals surface area contributed by atoms with E-state index in [2.05, 4.69) is 17.9 Å². The molecule has 1 N–H and O–H groups in total. The van der Waals surface area contributed by atoms with Crippen LogP contribution in [0.15, 0.2) is 89.8 Å². The highest BCUT2D eigenvalue weighted by Crippen LogP contribution is 2.33. The molecule has 25 heavy (non-hydrogen) atoms. The van der Waals surface area contributed by atoms with Crippen molar-refractivity contribution in [2.45, 2.75) is 23.8 Å². The van der Waals surface area contributed by atoms with Crippen LogP contribution in [0.25, 0.3) is 0 Å². The first-order valence-electron chi connectivity index (χ1n) is 8.28. The first kappa shape index (κ1) is 17.3. The highest BCUT2D eigenvalue weighted by molar-refractivity contribution is 7.80. The quantitative estimate of drug-likeness (QED) is 0.649. The van der Waals surface area contributed by atoms with Crippen LogP contribution >= 0.6 is 12.6 Å². The Hall–Kier alpha value is -2.52. The monoisotopic (exact) mass is 347 g/mol. The third kappa shape index (κ3) is 3.77. The molecule has 3 aromatic rings. The number of thiol groups is 1. The Morgan fingerprint density at radius 3 is 1.96 bits per heavy atom. The molecule has 0 aliphatic rings. The maximum absolute atomic E-state index is 13.2. The van der Waals surface area contributed by atoms with Crippen molar-refractivity contribution in [3.8, 4) is 0 Å². The van der Waals surface area contributed by atoms with E-state index in [9.17, 15) is 4.79 Å². The van der Waals surface area contributed by atoms with Crippen molar-refractivity contribution in [1.29, 1.82) is 0 Å². The summed E-state index contributed by atoms with van der Waals surface area (Å²) in [5, 5.41) is 3.09. The van der Waals surface area contributed by atoms with Gasteiger partial charge >= 0.3 is 0 Å². The van der Waals surface area contributed by atoms with Gasteiger partial charge in [-0.1, -0.05) is 72.8 Å². The summed E-state index contributed by atoms with van der Waals surface area (Å²) in [6.45, 7) is 2.48. The van der Waals surface area contributed by atoms with Crippen molar-refractivity contribution < 1.29 is 4.79 Å². The largest absolute Gasteiger partial charge is 0.351 e. The zero-order valence-electron chi connectivity index (χ0n) is 14.1. The molecule has 0 radical (unpaired) electrons. The number of nitrogens with one attached hydrogen (secondary N) is 1. The number of hydrogen-bond acceptors (Lipinski definition) is 2. The molecule has 3 rings (SSSR count). The summed E-state index contributed by atoms with van der Waals surface area (Å²) in [6, 6.07) is 27.6. The zero-order valence-corrected chi connectivity index (χ0v) is 15.0. The van der Waals surface area contributed by atoms with Gasteiger partial charge in [0.15, 0.2) is 0 Å². The Labute approximate surface area is 154 Å². The number of amides is 1. The van der Waals surface area contributed by atoms with Crippen LogP contribution in [0.2, 0.25) is 0 Å². The van der Waals surface area contributed by atoms with Gasteiger partial charge in [-0.2, -0.15) is 0 Å². The summed E-state index contributed by atoms with van der Waals surface area (Å²) in [5.41, 5.74) is 2.23. The summed E-state index contributed by atoms with van der Waals surface area (Å²) in [5.74, 6) is -0.0190. The average Bonchev–Trinajstić information content (AvgIpc) is 2.67. The Balaban J connectivity index is 1.93. The lowest BCUT2D eigenvalue weighted by atomic mass is 9.75. The molecule has 0 aliphatic carbocycles. The van der Waals surface area contributed by atoms with Crippen LogP contribution in [0, 0.1) is 0 Å². The number of carbonyl (C=O) groups excluding carboxylic acids is 1. The molecule has 0 heterocycles. The second-order valence-electron chi connectivity index (χ2n) is 6.21. The Kier molecular flexibility index (Phi) is 5.25. The van der Waals surface area contributed by atoms with Crippen LogP contribution in [-0.2, 0) is 16.8 Å². The van der Waals surface area contributed by atoms with E-state index in [4.69, 9.17) is 0 Å². The zero-order chi connectivity index (χ0) is 17.7. The fourth-order valence-electron chi connectivity index (χ4n) is 2.95. The van der Waals surface area contributed by atoms with E-state index in [0.29, 0.717) is 6.54 Å². The second kappa shape index (κ2) is 7.58. The topological polar surface area (TPSA) is 29.1 Å². The lowest BCUT2D eigenvalue weighted by Crippen LogP contribution is -2.42. The van der Waals surface area contributed by atoms with Crippen LogP contribution in [0.1, 0.15) is 23.6 Å². The van der Waals surface area contributed by atoms with Crippen LogP contribution in [0.4, 0.5) is 0 Å². The first-order chi connectivity index (χ1) is 12.1. The number of rotatable bonds is 5. The molecule has 0 aromatic heterocycles. The number of benzene rings is 3. The van der Waals surface area contributed by atoms with Crippen LogP contribution in [0.3, 0.4) is 0 Å². The molecule has 3 aromatic carbocycles. The Bertz CT molecular complexity index is 831. The first-order valence-corrected chi connectivity index (χ1v) is 8.72. The predicted molar refractivity (Wildman–Crippen MR) is 105 cm³/mol. The van der Waals surface area contributed by atoms with Gasteiger partial charge in [-0.3, -0.25) is 4.79 Å². The van der Waals surface area contributed by atoms with E-state index in [1.807, 2.05) is 91.9 Å². The number of hydrogen-bond donors (Lipinski definition) is 2. The SMILES string of the molecule is CC(C(=O)NCc1ccccc1)(c1ccccc1)c1ccc(S)cc1. The van der Waals surface area contributed by atoms with Crippen LogP contribution in [0.5, 0.6) is 0 Å². The van der Waals surface area contributed by atoms with Gasteiger partial charge in [0.25, 0.3) is 0 Å². The van der Waals surface area contributed by atoms with Crippen LogP contribution < -0.4 is 5.32 Å². The van der Waals surface area contributed by atoms with Gasteiger partial charge in [0.1, 0.15) is 0 Å². The van der Waals surface area contributed by atoms with Crippen molar-refractivity contribution >= 4 is 18.5 Å². The maximum Gasteiger partial charge on any atom is 0.235 e. The summed E-state index contributed by atoms with van der Waals surface area (Å²) in [4.78, 5) is 14.1. The summed E-state index contributed by atoms with van der Waals surface area (Å²) < 4.78 is 0. The molecule has 0 saturated heterocycles. The molecule has 0 spiro atoms. The third-order valence-corrected chi connectivity index (χ3v) is 4.84. The van der Waals surface area contributed by atoms with Gasteiger partial charge in [-0.25, -0.2) is 0 Å².